The normalized spacial score (nSPS) is 16.4. The van der Waals surface area contributed by atoms with E-state index in [0.717, 1.165) is 17.1 Å². The average molecular weight is 227 g/mol. The predicted molar refractivity (Wildman–Crippen MR) is 65.4 cm³/mol. The van der Waals surface area contributed by atoms with Gasteiger partial charge in [-0.25, -0.2) is 4.98 Å². The summed E-state index contributed by atoms with van der Waals surface area (Å²) in [5, 5.41) is 13.1. The molecule has 0 fully saturated rings. The van der Waals surface area contributed by atoms with Crippen LogP contribution < -0.4 is 0 Å². The number of aromatic nitrogens is 1. The smallest absolute Gasteiger partial charge is 0.0957 e. The lowest BCUT2D eigenvalue weighted by Crippen LogP contribution is -2.25. The molecule has 2 nitrogen and oxygen atoms in total. The number of aliphatic hydroxyl groups is 1. The van der Waals surface area contributed by atoms with Crippen molar-refractivity contribution in [3.05, 3.63) is 16.1 Å². The van der Waals surface area contributed by atoms with Crippen LogP contribution in [0.5, 0.6) is 0 Å². The quantitative estimate of drug-likeness (QED) is 0.860. The predicted octanol–water partition coefficient (Wildman–Crippen LogP) is 3.14. The molecule has 15 heavy (non-hydrogen) atoms. The lowest BCUT2D eigenvalue weighted by Gasteiger charge is -2.19. The Morgan fingerprint density at radius 1 is 1.33 bits per heavy atom. The first-order valence-corrected chi connectivity index (χ1v) is 6.30. The number of hydrogen-bond donors (Lipinski definition) is 1. The lowest BCUT2D eigenvalue weighted by molar-refractivity contribution is 0.0563. The van der Waals surface area contributed by atoms with Crippen LogP contribution in [0.4, 0.5) is 0 Å². The summed E-state index contributed by atoms with van der Waals surface area (Å²) in [5.41, 5.74) is 0.606. The van der Waals surface area contributed by atoms with Crippen LogP contribution in [-0.2, 0) is 11.8 Å². The van der Waals surface area contributed by atoms with Crippen molar-refractivity contribution in [3.63, 3.8) is 0 Å². The number of hydrogen-bond acceptors (Lipinski definition) is 3. The molecule has 3 heteroatoms. The van der Waals surface area contributed by atoms with Crippen LogP contribution in [0.3, 0.4) is 0 Å². The van der Waals surface area contributed by atoms with Gasteiger partial charge in [-0.2, -0.15) is 0 Å². The minimum Gasteiger partial charge on any atom is -0.390 e. The lowest BCUT2D eigenvalue weighted by atomic mass is 9.93. The van der Waals surface area contributed by atoms with Gasteiger partial charge in [0.05, 0.1) is 16.3 Å². The zero-order valence-corrected chi connectivity index (χ0v) is 11.1. The van der Waals surface area contributed by atoms with Crippen molar-refractivity contribution >= 4 is 11.3 Å². The summed E-state index contributed by atoms with van der Waals surface area (Å²) in [6.07, 6.45) is 1.42. The van der Waals surface area contributed by atoms with E-state index in [1.807, 2.05) is 13.8 Å². The van der Waals surface area contributed by atoms with E-state index in [4.69, 9.17) is 0 Å². The maximum atomic E-state index is 9.96. The van der Waals surface area contributed by atoms with Gasteiger partial charge in [0.15, 0.2) is 0 Å². The molecule has 0 aliphatic carbocycles. The SMILES string of the molecule is CCC(C)(O)Cc1nc(C(C)(C)C)cs1. The Labute approximate surface area is 96.4 Å². The first-order valence-electron chi connectivity index (χ1n) is 5.42. The van der Waals surface area contributed by atoms with E-state index in [1.54, 1.807) is 11.3 Å². The highest BCUT2D eigenvalue weighted by Crippen LogP contribution is 2.26. The highest BCUT2D eigenvalue weighted by Gasteiger charge is 2.22. The number of thiazole rings is 1. The zero-order valence-electron chi connectivity index (χ0n) is 10.3. The fraction of sp³-hybridized carbons (Fsp3) is 0.750. The molecule has 0 spiro atoms. The van der Waals surface area contributed by atoms with Gasteiger partial charge in [0, 0.05) is 17.2 Å². The Bertz CT molecular complexity index is 323. The molecule has 0 saturated heterocycles. The van der Waals surface area contributed by atoms with Crippen molar-refractivity contribution in [2.45, 2.75) is 58.5 Å². The number of rotatable bonds is 3. The second-order valence-corrected chi connectivity index (χ2v) is 6.35. The highest BCUT2D eigenvalue weighted by molar-refractivity contribution is 7.09. The third-order valence-electron chi connectivity index (χ3n) is 2.61. The Hall–Kier alpha value is -0.410. The van der Waals surface area contributed by atoms with Gasteiger partial charge in [-0.05, 0) is 13.3 Å². The second-order valence-electron chi connectivity index (χ2n) is 5.40. The van der Waals surface area contributed by atoms with Crippen molar-refractivity contribution < 1.29 is 5.11 Å². The topological polar surface area (TPSA) is 33.1 Å². The molecule has 1 N–H and O–H groups in total. The van der Waals surface area contributed by atoms with E-state index in [9.17, 15) is 5.11 Å². The molecule has 0 aliphatic heterocycles. The van der Waals surface area contributed by atoms with Crippen LogP contribution in [0.15, 0.2) is 5.38 Å². The summed E-state index contributed by atoms with van der Waals surface area (Å²) in [6.45, 7) is 10.3. The fourth-order valence-corrected chi connectivity index (χ4v) is 2.39. The molecule has 86 valence electrons. The molecule has 1 heterocycles. The fourth-order valence-electron chi connectivity index (χ4n) is 1.19. The summed E-state index contributed by atoms with van der Waals surface area (Å²) >= 11 is 1.65. The van der Waals surface area contributed by atoms with E-state index in [-0.39, 0.29) is 5.41 Å². The summed E-state index contributed by atoms with van der Waals surface area (Å²) < 4.78 is 0. The molecule has 0 saturated carbocycles. The van der Waals surface area contributed by atoms with Crippen LogP contribution in [0.2, 0.25) is 0 Å². The molecule has 0 bridgehead atoms. The monoisotopic (exact) mass is 227 g/mol. The van der Waals surface area contributed by atoms with Crippen molar-refractivity contribution in [1.29, 1.82) is 0 Å². The molecule has 0 aromatic carbocycles. The van der Waals surface area contributed by atoms with E-state index >= 15 is 0 Å². The third-order valence-corrected chi connectivity index (χ3v) is 3.46. The summed E-state index contributed by atoms with van der Waals surface area (Å²) in [6, 6.07) is 0. The molecule has 1 aromatic heterocycles. The maximum absolute atomic E-state index is 9.96. The van der Waals surface area contributed by atoms with Crippen LogP contribution in [-0.4, -0.2) is 15.7 Å². The third kappa shape index (κ3) is 3.58. The first kappa shape index (κ1) is 12.7. The Balaban J connectivity index is 2.78. The highest BCUT2D eigenvalue weighted by atomic mass is 32.1. The van der Waals surface area contributed by atoms with Crippen molar-refractivity contribution in [1.82, 2.24) is 4.98 Å². The van der Waals surface area contributed by atoms with Gasteiger partial charge in [0.25, 0.3) is 0 Å². The van der Waals surface area contributed by atoms with Gasteiger partial charge in [0.2, 0.25) is 0 Å². The molecular formula is C12H21NOS. The Morgan fingerprint density at radius 2 is 1.93 bits per heavy atom. The summed E-state index contributed by atoms with van der Waals surface area (Å²) in [5.74, 6) is 0. The second kappa shape index (κ2) is 4.22. The molecular weight excluding hydrogens is 206 g/mol. The van der Waals surface area contributed by atoms with Crippen LogP contribution in [0.1, 0.15) is 51.7 Å². The van der Waals surface area contributed by atoms with Crippen molar-refractivity contribution in [3.8, 4) is 0 Å². The van der Waals surface area contributed by atoms with Gasteiger partial charge in [0.1, 0.15) is 0 Å². The van der Waals surface area contributed by atoms with Crippen molar-refractivity contribution in [2.75, 3.05) is 0 Å². The molecule has 1 atom stereocenters. The van der Waals surface area contributed by atoms with Gasteiger partial charge in [-0.1, -0.05) is 27.7 Å². The average Bonchev–Trinajstić information content (AvgIpc) is 2.51. The van der Waals surface area contributed by atoms with E-state index < -0.39 is 5.60 Å². The molecule has 1 aromatic rings. The minimum atomic E-state index is -0.618. The first-order chi connectivity index (χ1) is 6.74. The number of nitrogens with zero attached hydrogens (tertiary/aromatic N) is 1. The van der Waals surface area contributed by atoms with Gasteiger partial charge in [-0.15, -0.1) is 11.3 Å². The van der Waals surface area contributed by atoms with E-state index in [2.05, 4.69) is 31.1 Å². The van der Waals surface area contributed by atoms with Gasteiger partial charge >= 0.3 is 0 Å². The summed E-state index contributed by atoms with van der Waals surface area (Å²) in [7, 11) is 0. The van der Waals surface area contributed by atoms with Crippen molar-refractivity contribution in [2.24, 2.45) is 0 Å². The van der Waals surface area contributed by atoms with Gasteiger partial charge < -0.3 is 5.11 Å². The summed E-state index contributed by atoms with van der Waals surface area (Å²) in [4.78, 5) is 4.57. The Morgan fingerprint density at radius 3 is 2.33 bits per heavy atom. The van der Waals surface area contributed by atoms with E-state index in [1.165, 1.54) is 0 Å². The van der Waals surface area contributed by atoms with Crippen LogP contribution in [0, 0.1) is 0 Å². The molecule has 0 radical (unpaired) electrons. The minimum absolute atomic E-state index is 0.104. The maximum Gasteiger partial charge on any atom is 0.0957 e. The van der Waals surface area contributed by atoms with Gasteiger partial charge in [-0.3, -0.25) is 0 Å². The largest absolute Gasteiger partial charge is 0.390 e. The zero-order chi connectivity index (χ0) is 11.7. The Kier molecular flexibility index (Phi) is 3.56. The molecule has 1 unspecified atom stereocenters. The standard InChI is InChI=1S/C12H21NOS/c1-6-12(5,14)7-10-13-9(8-15-10)11(2,3)4/h8,14H,6-7H2,1-5H3. The molecule has 0 aliphatic rings. The van der Waals surface area contributed by atoms with Crippen LogP contribution in [0.25, 0.3) is 0 Å². The molecule has 1 rings (SSSR count). The van der Waals surface area contributed by atoms with Crippen LogP contribution >= 0.6 is 11.3 Å². The molecule has 0 amide bonds. The van der Waals surface area contributed by atoms with E-state index in [0.29, 0.717) is 6.42 Å².